The minimum absolute atomic E-state index is 0.0492. The summed E-state index contributed by atoms with van der Waals surface area (Å²) in [5.41, 5.74) is 6.51. The van der Waals surface area contributed by atoms with E-state index in [1.165, 1.54) is 12.3 Å². The molecule has 0 aliphatic carbocycles. The minimum Gasteiger partial charge on any atom is -0.378 e. The van der Waals surface area contributed by atoms with Gasteiger partial charge in [-0.1, -0.05) is 0 Å². The molecule has 172 valence electrons. The van der Waals surface area contributed by atoms with Crippen LogP contribution in [0, 0.1) is 5.82 Å². The van der Waals surface area contributed by atoms with Gasteiger partial charge in [0.05, 0.1) is 36.7 Å². The van der Waals surface area contributed by atoms with Crippen molar-refractivity contribution in [3.05, 3.63) is 41.6 Å². The number of fused-ring (bicyclic) bond motifs is 1. The van der Waals surface area contributed by atoms with Gasteiger partial charge in [0.25, 0.3) is 11.8 Å². The van der Waals surface area contributed by atoms with Crippen molar-refractivity contribution in [1.82, 2.24) is 24.8 Å². The zero-order chi connectivity index (χ0) is 22.9. The summed E-state index contributed by atoms with van der Waals surface area (Å²) >= 11 is 0. The van der Waals surface area contributed by atoms with Crippen molar-refractivity contribution in [3.63, 3.8) is 0 Å². The molecule has 3 aromatic rings. The van der Waals surface area contributed by atoms with Crippen LogP contribution in [-0.2, 0) is 4.74 Å². The third kappa shape index (κ3) is 4.16. The number of benzene rings is 1. The van der Waals surface area contributed by atoms with Crippen molar-refractivity contribution in [2.45, 2.75) is 0 Å². The third-order valence-electron chi connectivity index (χ3n) is 5.86. The van der Waals surface area contributed by atoms with Crippen LogP contribution in [0.1, 0.15) is 20.8 Å². The van der Waals surface area contributed by atoms with Crippen LogP contribution in [0.25, 0.3) is 11.0 Å². The van der Waals surface area contributed by atoms with E-state index in [2.05, 4.69) is 24.8 Å². The molecule has 4 heterocycles. The van der Waals surface area contributed by atoms with E-state index in [1.54, 1.807) is 11.1 Å². The number of primary amides is 1. The molecule has 0 spiro atoms. The monoisotopic (exact) mass is 454 g/mol. The van der Waals surface area contributed by atoms with Crippen LogP contribution in [0.2, 0.25) is 0 Å². The summed E-state index contributed by atoms with van der Waals surface area (Å²) < 4.78 is 19.1. The summed E-state index contributed by atoms with van der Waals surface area (Å²) in [6, 6.07) is 2.39. The summed E-state index contributed by atoms with van der Waals surface area (Å²) in [4.78, 5) is 46.3. The van der Waals surface area contributed by atoms with Crippen LogP contribution in [0.15, 0.2) is 24.5 Å². The Labute approximate surface area is 188 Å². The number of hydrogen-bond acceptors (Lipinski definition) is 8. The molecule has 1 aromatic carbocycles. The van der Waals surface area contributed by atoms with Crippen LogP contribution < -0.4 is 15.5 Å². The van der Waals surface area contributed by atoms with E-state index in [4.69, 9.17) is 10.5 Å². The van der Waals surface area contributed by atoms with Crippen molar-refractivity contribution in [2.24, 2.45) is 5.73 Å². The van der Waals surface area contributed by atoms with Crippen LogP contribution in [0.5, 0.6) is 0 Å². The van der Waals surface area contributed by atoms with Crippen molar-refractivity contribution in [1.29, 1.82) is 0 Å². The maximum absolute atomic E-state index is 13.8. The zero-order valence-corrected chi connectivity index (χ0v) is 17.8. The first-order valence-corrected chi connectivity index (χ1v) is 10.7. The molecule has 3 N–H and O–H groups in total. The molecule has 2 saturated heterocycles. The number of halogens is 1. The van der Waals surface area contributed by atoms with Gasteiger partial charge in [0, 0.05) is 39.3 Å². The summed E-state index contributed by atoms with van der Waals surface area (Å²) in [7, 11) is 0. The number of ether oxygens (including phenoxy) is 1. The number of nitrogens with one attached hydrogen (secondary N) is 1. The Kier molecular flexibility index (Phi) is 5.50. The van der Waals surface area contributed by atoms with Gasteiger partial charge in [-0.05, 0) is 12.1 Å². The van der Waals surface area contributed by atoms with Gasteiger partial charge < -0.3 is 30.2 Å². The Morgan fingerprint density at radius 3 is 2.39 bits per heavy atom. The molecule has 0 saturated carbocycles. The maximum atomic E-state index is 13.8. The molecule has 2 amide bonds. The second-order valence-electron chi connectivity index (χ2n) is 7.91. The van der Waals surface area contributed by atoms with Crippen molar-refractivity contribution < 1.29 is 18.7 Å². The number of aromatic nitrogens is 4. The van der Waals surface area contributed by atoms with Gasteiger partial charge in [0.15, 0.2) is 0 Å². The van der Waals surface area contributed by atoms with Gasteiger partial charge in [-0.2, -0.15) is 0 Å². The molecular formula is C21H23FN8O3. The quantitative estimate of drug-likeness (QED) is 0.578. The molecule has 0 bridgehead atoms. The number of rotatable bonds is 4. The second-order valence-corrected chi connectivity index (χ2v) is 7.91. The highest BCUT2D eigenvalue weighted by molar-refractivity contribution is 6.04. The van der Waals surface area contributed by atoms with E-state index < -0.39 is 11.7 Å². The highest BCUT2D eigenvalue weighted by atomic mass is 19.1. The van der Waals surface area contributed by atoms with Gasteiger partial charge in [0.2, 0.25) is 5.95 Å². The molecule has 2 fully saturated rings. The molecule has 0 atom stereocenters. The first kappa shape index (κ1) is 21.1. The number of imidazole rings is 1. The van der Waals surface area contributed by atoms with Gasteiger partial charge in [-0.15, -0.1) is 0 Å². The van der Waals surface area contributed by atoms with E-state index in [0.29, 0.717) is 81.0 Å². The van der Waals surface area contributed by atoms with E-state index in [-0.39, 0.29) is 11.5 Å². The Hall–Kier alpha value is -3.80. The lowest BCUT2D eigenvalue weighted by Gasteiger charge is -2.35. The standard InChI is InChI=1S/C21H23FN8O3/c22-13-9-14(19(23)31)18-15(10-13)26-21(27-18)30-3-1-28(2-4-30)17-12-24-16(11-25-17)20(32)29-5-7-33-8-6-29/h9-12H,1-8H2,(H2,23,31)(H,26,27). The fourth-order valence-electron chi connectivity index (χ4n) is 4.08. The molecule has 12 heteroatoms. The highest BCUT2D eigenvalue weighted by Gasteiger charge is 2.24. The third-order valence-corrected chi connectivity index (χ3v) is 5.86. The van der Waals surface area contributed by atoms with Gasteiger partial charge in [0.1, 0.15) is 22.8 Å². The number of anilines is 2. The number of carbonyl (C=O) groups excluding carboxylic acids is 2. The smallest absolute Gasteiger partial charge is 0.274 e. The fourth-order valence-corrected chi connectivity index (χ4v) is 4.08. The Bertz CT molecular complexity index is 1180. The molecular weight excluding hydrogens is 431 g/mol. The first-order valence-electron chi connectivity index (χ1n) is 10.7. The lowest BCUT2D eigenvalue weighted by Crippen LogP contribution is -2.47. The Morgan fingerprint density at radius 1 is 1.00 bits per heavy atom. The normalized spacial score (nSPS) is 16.9. The van der Waals surface area contributed by atoms with Gasteiger partial charge in [-0.3, -0.25) is 9.59 Å². The molecule has 33 heavy (non-hydrogen) atoms. The Balaban J connectivity index is 1.25. The largest absolute Gasteiger partial charge is 0.378 e. The molecule has 11 nitrogen and oxygen atoms in total. The molecule has 2 aliphatic heterocycles. The fraction of sp³-hybridized carbons (Fsp3) is 0.381. The number of hydrogen-bond donors (Lipinski definition) is 2. The molecule has 5 rings (SSSR count). The molecule has 2 aliphatic rings. The summed E-state index contributed by atoms with van der Waals surface area (Å²) in [6.45, 7) is 4.74. The van der Waals surface area contributed by atoms with Crippen LogP contribution in [0.3, 0.4) is 0 Å². The van der Waals surface area contributed by atoms with Crippen molar-refractivity contribution >= 4 is 34.6 Å². The molecule has 2 aromatic heterocycles. The van der Waals surface area contributed by atoms with E-state index >= 15 is 0 Å². The predicted octanol–water partition coefficient (Wildman–Crippen LogP) is 0.390. The average Bonchev–Trinajstić information content (AvgIpc) is 3.27. The van der Waals surface area contributed by atoms with E-state index in [0.717, 1.165) is 6.07 Å². The minimum atomic E-state index is -0.725. The predicted molar refractivity (Wildman–Crippen MR) is 118 cm³/mol. The number of carbonyl (C=O) groups is 2. The lowest BCUT2D eigenvalue weighted by molar-refractivity contribution is 0.0298. The Morgan fingerprint density at radius 2 is 1.73 bits per heavy atom. The number of nitrogens with two attached hydrogens (primary N) is 1. The number of piperazine rings is 1. The molecule has 0 radical (unpaired) electrons. The number of H-pyrrole nitrogens is 1. The van der Waals surface area contributed by atoms with Gasteiger partial charge >= 0.3 is 0 Å². The molecule has 0 unspecified atom stereocenters. The zero-order valence-electron chi connectivity index (χ0n) is 17.8. The second kappa shape index (κ2) is 8.62. The van der Waals surface area contributed by atoms with Gasteiger partial charge in [-0.25, -0.2) is 19.3 Å². The van der Waals surface area contributed by atoms with Crippen LogP contribution >= 0.6 is 0 Å². The average molecular weight is 454 g/mol. The highest BCUT2D eigenvalue weighted by Crippen LogP contribution is 2.24. The SMILES string of the molecule is NC(=O)c1cc(F)cc2[nH]c(N3CCN(c4cnc(C(=O)N5CCOCC5)cn4)CC3)nc12. The first-order chi connectivity index (χ1) is 16.0. The maximum Gasteiger partial charge on any atom is 0.274 e. The summed E-state index contributed by atoms with van der Waals surface area (Å²) in [5, 5.41) is 0. The summed E-state index contributed by atoms with van der Waals surface area (Å²) in [6.07, 6.45) is 3.13. The number of amides is 2. The van der Waals surface area contributed by atoms with E-state index in [9.17, 15) is 14.0 Å². The number of nitrogens with zero attached hydrogens (tertiary/aromatic N) is 6. The van der Waals surface area contributed by atoms with E-state index in [1.807, 2.05) is 4.90 Å². The van der Waals surface area contributed by atoms with Crippen molar-refractivity contribution in [2.75, 3.05) is 62.3 Å². The number of morpholine rings is 1. The number of aromatic amines is 1. The lowest BCUT2D eigenvalue weighted by atomic mass is 10.1. The van der Waals surface area contributed by atoms with Crippen molar-refractivity contribution in [3.8, 4) is 0 Å². The van der Waals surface area contributed by atoms with Crippen LogP contribution in [-0.4, -0.2) is 89.1 Å². The summed E-state index contributed by atoms with van der Waals surface area (Å²) in [5.74, 6) is -0.174. The van der Waals surface area contributed by atoms with Crippen LogP contribution in [0.4, 0.5) is 16.2 Å². The topological polar surface area (TPSA) is 134 Å².